The Morgan fingerprint density at radius 2 is 2.08 bits per heavy atom. The van der Waals surface area contributed by atoms with Crippen LogP contribution in [0.4, 0.5) is 0 Å². The standard InChI is InChI=1S/C18H21N3O4/c1-12-8-9-19-21(12)15-6-4-13(5-7-15)17(22)20-16(18(23)24)14-3-2-10-25-11-14/h4-9,14,16H,2-3,10-11H2,1H3,(H,20,22)(H,23,24). The maximum atomic E-state index is 12.4. The lowest BCUT2D eigenvalue weighted by Crippen LogP contribution is -2.48. The molecule has 132 valence electrons. The molecule has 1 amide bonds. The van der Waals surface area contributed by atoms with Crippen molar-refractivity contribution in [2.24, 2.45) is 5.92 Å². The fourth-order valence-corrected chi connectivity index (χ4v) is 3.03. The van der Waals surface area contributed by atoms with Crippen molar-refractivity contribution in [1.29, 1.82) is 0 Å². The van der Waals surface area contributed by atoms with Gasteiger partial charge in [-0.15, -0.1) is 0 Å². The van der Waals surface area contributed by atoms with Gasteiger partial charge in [-0.05, 0) is 50.1 Å². The van der Waals surface area contributed by atoms with Crippen molar-refractivity contribution in [3.05, 3.63) is 47.8 Å². The largest absolute Gasteiger partial charge is 0.480 e. The van der Waals surface area contributed by atoms with Crippen molar-refractivity contribution in [3.63, 3.8) is 0 Å². The Balaban J connectivity index is 1.71. The first kappa shape index (κ1) is 17.2. The van der Waals surface area contributed by atoms with Gasteiger partial charge >= 0.3 is 5.97 Å². The first-order valence-corrected chi connectivity index (χ1v) is 8.29. The van der Waals surface area contributed by atoms with Gasteiger partial charge in [0.05, 0.1) is 12.3 Å². The molecule has 1 aliphatic rings. The minimum atomic E-state index is -1.03. The molecule has 1 fully saturated rings. The van der Waals surface area contributed by atoms with Crippen LogP contribution in [0.2, 0.25) is 0 Å². The van der Waals surface area contributed by atoms with Gasteiger partial charge in [0.25, 0.3) is 5.91 Å². The summed E-state index contributed by atoms with van der Waals surface area (Å²) in [5.41, 5.74) is 2.24. The number of carbonyl (C=O) groups excluding carboxylic acids is 1. The number of hydrogen-bond acceptors (Lipinski definition) is 4. The first-order valence-electron chi connectivity index (χ1n) is 8.29. The zero-order valence-corrected chi connectivity index (χ0v) is 14.0. The summed E-state index contributed by atoms with van der Waals surface area (Å²) in [7, 11) is 0. The van der Waals surface area contributed by atoms with E-state index in [0.717, 1.165) is 24.2 Å². The number of aryl methyl sites for hydroxylation is 1. The summed E-state index contributed by atoms with van der Waals surface area (Å²) >= 11 is 0. The molecule has 7 nitrogen and oxygen atoms in total. The third-order valence-corrected chi connectivity index (χ3v) is 4.43. The molecule has 2 N–H and O–H groups in total. The number of aromatic nitrogens is 2. The van der Waals surface area contributed by atoms with E-state index in [2.05, 4.69) is 10.4 Å². The van der Waals surface area contributed by atoms with Crippen LogP contribution in [0.1, 0.15) is 28.9 Å². The number of carboxylic acid groups (broad SMARTS) is 1. The maximum Gasteiger partial charge on any atom is 0.326 e. The van der Waals surface area contributed by atoms with Gasteiger partial charge in [-0.2, -0.15) is 5.10 Å². The van der Waals surface area contributed by atoms with Crippen LogP contribution in [0.25, 0.3) is 5.69 Å². The van der Waals surface area contributed by atoms with E-state index in [4.69, 9.17) is 4.74 Å². The second-order valence-corrected chi connectivity index (χ2v) is 6.20. The molecule has 0 saturated carbocycles. The number of ether oxygens (including phenoxy) is 1. The highest BCUT2D eigenvalue weighted by Crippen LogP contribution is 2.19. The lowest BCUT2D eigenvalue weighted by atomic mass is 9.93. The fourth-order valence-electron chi connectivity index (χ4n) is 3.03. The van der Waals surface area contributed by atoms with E-state index in [1.54, 1.807) is 35.1 Å². The van der Waals surface area contributed by atoms with E-state index in [1.165, 1.54) is 0 Å². The smallest absolute Gasteiger partial charge is 0.326 e. The van der Waals surface area contributed by atoms with E-state index in [1.807, 2.05) is 13.0 Å². The molecule has 25 heavy (non-hydrogen) atoms. The molecule has 0 spiro atoms. The Bertz CT molecular complexity index is 748. The van der Waals surface area contributed by atoms with Crippen LogP contribution in [-0.2, 0) is 9.53 Å². The number of aliphatic carboxylic acids is 1. The van der Waals surface area contributed by atoms with Crippen molar-refractivity contribution in [1.82, 2.24) is 15.1 Å². The number of carbonyl (C=O) groups is 2. The van der Waals surface area contributed by atoms with Crippen molar-refractivity contribution in [3.8, 4) is 5.69 Å². The normalized spacial score (nSPS) is 18.5. The molecular weight excluding hydrogens is 322 g/mol. The Labute approximate surface area is 145 Å². The monoisotopic (exact) mass is 343 g/mol. The second kappa shape index (κ2) is 7.48. The molecule has 2 aromatic rings. The number of rotatable bonds is 5. The quantitative estimate of drug-likeness (QED) is 0.863. The molecule has 1 aromatic heterocycles. The molecule has 0 aliphatic carbocycles. The number of nitrogens with one attached hydrogen (secondary N) is 1. The first-order chi connectivity index (χ1) is 12.1. The summed E-state index contributed by atoms with van der Waals surface area (Å²) in [5, 5.41) is 16.3. The highest BCUT2D eigenvalue weighted by atomic mass is 16.5. The molecule has 2 unspecified atom stereocenters. The SMILES string of the molecule is Cc1ccnn1-c1ccc(C(=O)NC(C(=O)O)C2CCCOC2)cc1. The average molecular weight is 343 g/mol. The zero-order valence-electron chi connectivity index (χ0n) is 14.0. The molecule has 0 bridgehead atoms. The molecule has 3 rings (SSSR count). The summed E-state index contributed by atoms with van der Waals surface area (Å²) < 4.78 is 7.11. The molecule has 0 radical (unpaired) electrons. The summed E-state index contributed by atoms with van der Waals surface area (Å²) in [6.45, 7) is 2.94. The van der Waals surface area contributed by atoms with E-state index in [-0.39, 0.29) is 5.92 Å². The van der Waals surface area contributed by atoms with Crippen LogP contribution in [0.15, 0.2) is 36.5 Å². The molecule has 1 aromatic carbocycles. The van der Waals surface area contributed by atoms with Gasteiger partial charge in [0.15, 0.2) is 0 Å². The topological polar surface area (TPSA) is 93.5 Å². The van der Waals surface area contributed by atoms with Gasteiger partial charge in [-0.3, -0.25) is 4.79 Å². The Kier molecular flexibility index (Phi) is 5.14. The predicted octanol–water partition coefficient (Wildman–Crippen LogP) is 1.79. The zero-order chi connectivity index (χ0) is 17.8. The van der Waals surface area contributed by atoms with Crippen LogP contribution in [0.3, 0.4) is 0 Å². The van der Waals surface area contributed by atoms with E-state index in [9.17, 15) is 14.7 Å². The van der Waals surface area contributed by atoms with Crippen molar-refractivity contribution in [2.45, 2.75) is 25.8 Å². The number of hydrogen-bond donors (Lipinski definition) is 2. The Hall–Kier alpha value is -2.67. The summed E-state index contributed by atoms with van der Waals surface area (Å²) in [5.74, 6) is -1.64. The average Bonchev–Trinajstić information content (AvgIpc) is 3.06. The van der Waals surface area contributed by atoms with Gasteiger partial charge < -0.3 is 15.2 Å². The lowest BCUT2D eigenvalue weighted by molar-refractivity contribution is -0.142. The second-order valence-electron chi connectivity index (χ2n) is 6.20. The fraction of sp³-hybridized carbons (Fsp3) is 0.389. The molecule has 2 atom stereocenters. The highest BCUT2D eigenvalue weighted by Gasteiger charge is 2.31. The van der Waals surface area contributed by atoms with Gasteiger partial charge in [0.2, 0.25) is 0 Å². The van der Waals surface area contributed by atoms with Gasteiger partial charge in [-0.1, -0.05) is 0 Å². The van der Waals surface area contributed by atoms with Gasteiger partial charge in [-0.25, -0.2) is 9.48 Å². The lowest BCUT2D eigenvalue weighted by Gasteiger charge is -2.28. The number of amides is 1. The van der Waals surface area contributed by atoms with E-state index >= 15 is 0 Å². The molecule has 1 saturated heterocycles. The minimum absolute atomic E-state index is 0.207. The third-order valence-electron chi connectivity index (χ3n) is 4.43. The number of carboxylic acids is 1. The van der Waals surface area contributed by atoms with E-state index in [0.29, 0.717) is 18.8 Å². The van der Waals surface area contributed by atoms with Crippen LogP contribution >= 0.6 is 0 Å². The summed E-state index contributed by atoms with van der Waals surface area (Å²) in [4.78, 5) is 24.0. The summed E-state index contributed by atoms with van der Waals surface area (Å²) in [6.07, 6.45) is 3.25. The molecule has 1 aliphatic heterocycles. The van der Waals surface area contributed by atoms with Crippen molar-refractivity contribution in [2.75, 3.05) is 13.2 Å². The van der Waals surface area contributed by atoms with E-state index < -0.39 is 17.9 Å². The van der Waals surface area contributed by atoms with Crippen LogP contribution in [-0.4, -0.2) is 46.0 Å². The predicted molar refractivity (Wildman–Crippen MR) is 90.7 cm³/mol. The third kappa shape index (κ3) is 3.88. The Morgan fingerprint density at radius 3 is 2.64 bits per heavy atom. The van der Waals surface area contributed by atoms with Gasteiger partial charge in [0.1, 0.15) is 6.04 Å². The number of nitrogens with zero attached hydrogens (tertiary/aromatic N) is 2. The van der Waals surface area contributed by atoms with Crippen LogP contribution < -0.4 is 5.32 Å². The van der Waals surface area contributed by atoms with Crippen molar-refractivity contribution >= 4 is 11.9 Å². The summed E-state index contributed by atoms with van der Waals surface area (Å²) in [6, 6.07) is 7.86. The molecular formula is C18H21N3O4. The molecule has 7 heteroatoms. The molecule has 2 heterocycles. The minimum Gasteiger partial charge on any atom is -0.480 e. The van der Waals surface area contributed by atoms with Gasteiger partial charge in [0, 0.05) is 30.0 Å². The van der Waals surface area contributed by atoms with Crippen LogP contribution in [0, 0.1) is 12.8 Å². The Morgan fingerprint density at radius 1 is 1.32 bits per heavy atom. The van der Waals surface area contributed by atoms with Crippen LogP contribution in [0.5, 0.6) is 0 Å². The highest BCUT2D eigenvalue weighted by molar-refractivity contribution is 5.96. The van der Waals surface area contributed by atoms with Crippen molar-refractivity contribution < 1.29 is 19.4 Å². The number of benzene rings is 1. The maximum absolute atomic E-state index is 12.4.